The molecule has 130 valence electrons. The van der Waals surface area contributed by atoms with Crippen LogP contribution in [0.15, 0.2) is 47.4 Å². The van der Waals surface area contributed by atoms with E-state index < -0.39 is 20.9 Å². The van der Waals surface area contributed by atoms with Crippen molar-refractivity contribution in [3.63, 3.8) is 0 Å². The Morgan fingerprint density at radius 1 is 1.08 bits per heavy atom. The maximum atomic E-state index is 12.3. The first-order valence-corrected chi connectivity index (χ1v) is 9.03. The molecule has 8 nitrogen and oxygen atoms in total. The molecule has 2 N–H and O–H groups in total. The van der Waals surface area contributed by atoms with Gasteiger partial charge in [0, 0.05) is 17.7 Å². The number of nitrogens with zero attached hydrogens (tertiary/aromatic N) is 1. The van der Waals surface area contributed by atoms with E-state index >= 15 is 0 Å². The minimum absolute atomic E-state index is 0.0224. The third kappa shape index (κ3) is 3.67. The Bertz CT molecular complexity index is 956. The molecule has 25 heavy (non-hydrogen) atoms. The quantitative estimate of drug-likeness (QED) is 0.621. The van der Waals surface area contributed by atoms with E-state index in [-0.39, 0.29) is 16.1 Å². The van der Waals surface area contributed by atoms with Crippen molar-refractivity contribution in [1.29, 1.82) is 0 Å². The predicted molar refractivity (Wildman–Crippen MR) is 89.4 cm³/mol. The number of nitro benzene ring substituents is 1. The standard InChI is InChI=1S/C16H15N3O5S/c20-16(13-5-2-6-14(9-13)19(21)22)17-18-25(23,24)15-8-7-11-3-1-4-12(11)10-15/h2,5-10,18H,1,3-4H2,(H,17,20). The lowest BCUT2D eigenvalue weighted by Gasteiger charge is -2.10. The highest BCUT2D eigenvalue weighted by atomic mass is 32.2. The van der Waals surface area contributed by atoms with Crippen LogP contribution in [0.1, 0.15) is 27.9 Å². The average molecular weight is 361 g/mol. The lowest BCUT2D eigenvalue weighted by molar-refractivity contribution is -0.384. The summed E-state index contributed by atoms with van der Waals surface area (Å²) in [6.45, 7) is 0. The molecule has 0 fully saturated rings. The van der Waals surface area contributed by atoms with Gasteiger partial charge in [0.2, 0.25) is 0 Å². The van der Waals surface area contributed by atoms with Gasteiger partial charge in [-0.15, -0.1) is 4.83 Å². The van der Waals surface area contributed by atoms with Crippen molar-refractivity contribution in [3.8, 4) is 0 Å². The summed E-state index contributed by atoms with van der Waals surface area (Å²) in [6, 6.07) is 9.88. The third-order valence-electron chi connectivity index (χ3n) is 4.00. The first kappa shape index (κ1) is 17.1. The van der Waals surface area contributed by atoms with Gasteiger partial charge in [-0.3, -0.25) is 20.3 Å². The lowest BCUT2D eigenvalue weighted by atomic mass is 10.1. The predicted octanol–water partition coefficient (Wildman–Crippen LogP) is 1.71. The van der Waals surface area contributed by atoms with Gasteiger partial charge in [-0.25, -0.2) is 8.42 Å². The van der Waals surface area contributed by atoms with E-state index in [2.05, 4.69) is 5.43 Å². The number of fused-ring (bicyclic) bond motifs is 1. The van der Waals surface area contributed by atoms with Crippen LogP contribution in [0, 0.1) is 10.1 Å². The number of amides is 1. The smallest absolute Gasteiger partial charge is 0.270 e. The largest absolute Gasteiger partial charge is 0.273 e. The molecule has 9 heteroatoms. The van der Waals surface area contributed by atoms with E-state index in [4.69, 9.17) is 0 Å². The summed E-state index contributed by atoms with van der Waals surface area (Å²) in [5.74, 6) is -0.784. The Balaban J connectivity index is 1.73. The topological polar surface area (TPSA) is 118 Å². The molecule has 0 aromatic heterocycles. The number of carbonyl (C=O) groups excluding carboxylic acids is 1. The molecule has 3 rings (SSSR count). The average Bonchev–Trinajstić information content (AvgIpc) is 3.07. The molecule has 0 bridgehead atoms. The van der Waals surface area contributed by atoms with E-state index in [0.29, 0.717) is 0 Å². The first-order chi connectivity index (χ1) is 11.9. The van der Waals surface area contributed by atoms with Crippen molar-refractivity contribution >= 4 is 21.6 Å². The van der Waals surface area contributed by atoms with Crippen molar-refractivity contribution in [2.75, 3.05) is 0 Å². The molecule has 0 spiro atoms. The van der Waals surface area contributed by atoms with Crippen molar-refractivity contribution in [3.05, 3.63) is 69.3 Å². The molecular weight excluding hydrogens is 346 g/mol. The Hall–Kier alpha value is -2.78. The molecule has 1 amide bonds. The Kier molecular flexibility index (Phi) is 4.51. The molecule has 0 saturated heterocycles. The van der Waals surface area contributed by atoms with Crippen LogP contribution < -0.4 is 10.3 Å². The highest BCUT2D eigenvalue weighted by Gasteiger charge is 2.20. The molecule has 0 aliphatic heterocycles. The van der Waals surface area contributed by atoms with Crippen LogP contribution in [0.3, 0.4) is 0 Å². The molecule has 0 heterocycles. The SMILES string of the molecule is O=C(NNS(=O)(=O)c1ccc2c(c1)CCC2)c1cccc([N+](=O)[O-])c1. The highest BCUT2D eigenvalue weighted by Crippen LogP contribution is 2.24. The fraction of sp³-hybridized carbons (Fsp3) is 0.188. The van der Waals surface area contributed by atoms with Gasteiger partial charge in [-0.2, -0.15) is 0 Å². The summed E-state index contributed by atoms with van der Waals surface area (Å²) < 4.78 is 24.6. The highest BCUT2D eigenvalue weighted by molar-refractivity contribution is 7.89. The molecule has 0 radical (unpaired) electrons. The van der Waals surface area contributed by atoms with E-state index in [1.54, 1.807) is 12.1 Å². The van der Waals surface area contributed by atoms with Crippen LogP contribution in [-0.2, 0) is 22.9 Å². The Morgan fingerprint density at radius 2 is 1.84 bits per heavy atom. The summed E-state index contributed by atoms with van der Waals surface area (Å²) in [5, 5.41) is 10.7. The Morgan fingerprint density at radius 3 is 2.60 bits per heavy atom. The molecule has 1 aliphatic rings. The van der Waals surface area contributed by atoms with Gasteiger partial charge in [0.05, 0.1) is 9.82 Å². The molecule has 2 aromatic carbocycles. The van der Waals surface area contributed by atoms with Gasteiger partial charge in [0.1, 0.15) is 0 Å². The van der Waals surface area contributed by atoms with Crippen LogP contribution in [0.2, 0.25) is 0 Å². The summed E-state index contributed by atoms with van der Waals surface area (Å²) >= 11 is 0. The Labute approximate surface area is 144 Å². The van der Waals surface area contributed by atoms with E-state index in [1.165, 1.54) is 24.3 Å². The molecule has 0 atom stereocenters. The summed E-state index contributed by atoms with van der Waals surface area (Å²) in [5.41, 5.74) is 3.93. The van der Waals surface area contributed by atoms with E-state index in [1.807, 2.05) is 4.83 Å². The third-order valence-corrected chi connectivity index (χ3v) is 5.24. The molecule has 1 aliphatic carbocycles. The zero-order chi connectivity index (χ0) is 18.0. The maximum Gasteiger partial charge on any atom is 0.270 e. The normalized spacial score (nSPS) is 13.3. The second-order valence-corrected chi connectivity index (χ2v) is 7.33. The number of hydrazine groups is 1. The van der Waals surface area contributed by atoms with Crippen LogP contribution in [0.25, 0.3) is 0 Å². The maximum absolute atomic E-state index is 12.3. The van der Waals surface area contributed by atoms with Gasteiger partial charge in [-0.1, -0.05) is 12.1 Å². The lowest BCUT2D eigenvalue weighted by Crippen LogP contribution is -2.41. The van der Waals surface area contributed by atoms with Gasteiger partial charge in [0.25, 0.3) is 21.6 Å². The molecule has 0 unspecified atom stereocenters. The van der Waals surface area contributed by atoms with Gasteiger partial charge in [0.15, 0.2) is 0 Å². The molecule has 0 saturated carbocycles. The van der Waals surface area contributed by atoms with E-state index in [0.717, 1.165) is 36.5 Å². The van der Waals surface area contributed by atoms with Crippen LogP contribution in [-0.4, -0.2) is 19.2 Å². The first-order valence-electron chi connectivity index (χ1n) is 7.55. The number of carbonyl (C=O) groups is 1. The zero-order valence-corrected chi connectivity index (χ0v) is 13.9. The number of sulfonamides is 1. The number of rotatable bonds is 5. The second-order valence-electron chi connectivity index (χ2n) is 5.65. The van der Waals surface area contributed by atoms with E-state index in [9.17, 15) is 23.3 Å². The monoisotopic (exact) mass is 361 g/mol. The zero-order valence-electron chi connectivity index (χ0n) is 13.1. The van der Waals surface area contributed by atoms with Crippen molar-refractivity contribution in [2.45, 2.75) is 24.2 Å². The fourth-order valence-electron chi connectivity index (χ4n) is 2.72. The van der Waals surface area contributed by atoms with Crippen LogP contribution >= 0.6 is 0 Å². The minimum Gasteiger partial charge on any atom is -0.273 e. The summed E-state index contributed by atoms with van der Waals surface area (Å²) in [7, 11) is -3.93. The van der Waals surface area contributed by atoms with Crippen molar-refractivity contribution in [2.24, 2.45) is 0 Å². The number of benzene rings is 2. The second kappa shape index (κ2) is 6.61. The molecular formula is C16H15N3O5S. The van der Waals surface area contributed by atoms with Crippen LogP contribution in [0.4, 0.5) is 5.69 Å². The number of nitro groups is 1. The van der Waals surface area contributed by atoms with Gasteiger partial charge >= 0.3 is 0 Å². The van der Waals surface area contributed by atoms with Crippen molar-refractivity contribution in [1.82, 2.24) is 10.3 Å². The number of hydrogen-bond acceptors (Lipinski definition) is 5. The van der Waals surface area contributed by atoms with Crippen LogP contribution in [0.5, 0.6) is 0 Å². The van der Waals surface area contributed by atoms with Gasteiger partial charge < -0.3 is 0 Å². The fourth-order valence-corrected chi connectivity index (χ4v) is 3.61. The minimum atomic E-state index is -3.93. The number of aryl methyl sites for hydroxylation is 2. The molecule has 2 aromatic rings. The summed E-state index contributed by atoms with van der Waals surface area (Å²) in [6.07, 6.45) is 2.77. The number of hydrogen-bond donors (Lipinski definition) is 2. The number of non-ortho nitro benzene ring substituents is 1. The number of nitrogens with one attached hydrogen (secondary N) is 2. The summed E-state index contributed by atoms with van der Waals surface area (Å²) in [4.78, 5) is 24.2. The van der Waals surface area contributed by atoms with Crippen molar-refractivity contribution < 1.29 is 18.1 Å². The van der Waals surface area contributed by atoms with Gasteiger partial charge in [-0.05, 0) is 48.6 Å².